The van der Waals surface area contributed by atoms with Crippen LogP contribution in [0.25, 0.3) is 0 Å². The second kappa shape index (κ2) is 6.52. The van der Waals surface area contributed by atoms with Gasteiger partial charge in [-0.05, 0) is 38.0 Å². The molecule has 2 rings (SSSR count). The lowest BCUT2D eigenvalue weighted by Crippen LogP contribution is -2.45. The fourth-order valence-corrected chi connectivity index (χ4v) is 4.40. The summed E-state index contributed by atoms with van der Waals surface area (Å²) in [6.45, 7) is 2.59. The van der Waals surface area contributed by atoms with E-state index in [9.17, 15) is 13.2 Å². The molecule has 0 radical (unpaired) electrons. The van der Waals surface area contributed by atoms with Crippen LogP contribution in [0, 0.1) is 0 Å². The number of halogens is 2. The highest BCUT2D eigenvalue weighted by Gasteiger charge is 2.39. The number of likely N-dealkylation sites (N-methyl/N-ethyl adjacent to an activating group) is 1. The molecule has 116 valence electrons. The number of nitrogens with zero attached hydrogens (tertiary/aromatic N) is 1. The van der Waals surface area contributed by atoms with E-state index in [0.29, 0.717) is 25.9 Å². The van der Waals surface area contributed by atoms with Crippen molar-refractivity contribution in [3.63, 3.8) is 0 Å². The summed E-state index contributed by atoms with van der Waals surface area (Å²) in [5, 5.41) is 3.13. The number of amides is 1. The van der Waals surface area contributed by atoms with Gasteiger partial charge >= 0.3 is 0 Å². The fraction of sp³-hybridized carbons (Fsp3) is 0.462. The zero-order valence-electron chi connectivity index (χ0n) is 11.5. The third-order valence-corrected chi connectivity index (χ3v) is 6.00. The maximum atomic E-state index is 12.7. The normalized spacial score (nSPS) is 19.7. The summed E-state index contributed by atoms with van der Waals surface area (Å²) >= 11 is 11.7. The van der Waals surface area contributed by atoms with Gasteiger partial charge in [0.1, 0.15) is 6.04 Å². The van der Waals surface area contributed by atoms with Crippen LogP contribution >= 0.6 is 23.2 Å². The van der Waals surface area contributed by atoms with Crippen molar-refractivity contribution in [3.05, 3.63) is 28.2 Å². The third-order valence-electron chi connectivity index (χ3n) is 3.36. The topological polar surface area (TPSA) is 66.5 Å². The van der Waals surface area contributed by atoms with E-state index in [2.05, 4.69) is 5.32 Å². The van der Waals surface area contributed by atoms with Crippen molar-refractivity contribution in [2.75, 3.05) is 13.1 Å². The van der Waals surface area contributed by atoms with Crippen molar-refractivity contribution in [2.45, 2.75) is 30.7 Å². The summed E-state index contributed by atoms with van der Waals surface area (Å²) in [5.74, 6) is -0.265. The lowest BCUT2D eigenvalue weighted by atomic mass is 10.2. The first-order chi connectivity index (χ1) is 9.87. The van der Waals surface area contributed by atoms with E-state index in [-0.39, 0.29) is 20.8 Å². The number of sulfonamides is 1. The number of rotatable bonds is 4. The minimum atomic E-state index is -3.76. The molecule has 0 aliphatic carbocycles. The molecule has 5 nitrogen and oxygen atoms in total. The Labute approximate surface area is 134 Å². The molecule has 1 heterocycles. The van der Waals surface area contributed by atoms with E-state index in [0.717, 1.165) is 0 Å². The van der Waals surface area contributed by atoms with Gasteiger partial charge in [-0.25, -0.2) is 8.42 Å². The van der Waals surface area contributed by atoms with Crippen molar-refractivity contribution in [1.29, 1.82) is 0 Å². The molecular formula is C13H16Cl2N2O3S. The van der Waals surface area contributed by atoms with Crippen LogP contribution in [0.2, 0.25) is 10.0 Å². The van der Waals surface area contributed by atoms with Crippen LogP contribution in [0.5, 0.6) is 0 Å². The van der Waals surface area contributed by atoms with Gasteiger partial charge in [-0.3, -0.25) is 4.79 Å². The van der Waals surface area contributed by atoms with Gasteiger partial charge in [0, 0.05) is 13.1 Å². The predicted molar refractivity (Wildman–Crippen MR) is 82.1 cm³/mol. The zero-order valence-corrected chi connectivity index (χ0v) is 13.8. The molecule has 1 amide bonds. The van der Waals surface area contributed by atoms with Crippen LogP contribution in [0.15, 0.2) is 23.1 Å². The van der Waals surface area contributed by atoms with Crippen LogP contribution in [-0.4, -0.2) is 37.8 Å². The van der Waals surface area contributed by atoms with E-state index in [1.165, 1.54) is 22.5 Å². The van der Waals surface area contributed by atoms with Crippen LogP contribution < -0.4 is 5.32 Å². The molecule has 0 saturated carbocycles. The van der Waals surface area contributed by atoms with Gasteiger partial charge in [0.2, 0.25) is 15.9 Å². The molecule has 1 saturated heterocycles. The molecule has 0 aromatic heterocycles. The van der Waals surface area contributed by atoms with Crippen LogP contribution in [-0.2, 0) is 14.8 Å². The Morgan fingerprint density at radius 3 is 2.71 bits per heavy atom. The number of hydrogen-bond donors (Lipinski definition) is 1. The molecular weight excluding hydrogens is 335 g/mol. The van der Waals surface area contributed by atoms with Crippen LogP contribution in [0.1, 0.15) is 19.8 Å². The Morgan fingerprint density at radius 1 is 1.38 bits per heavy atom. The number of nitrogens with one attached hydrogen (secondary N) is 1. The maximum Gasteiger partial charge on any atom is 0.243 e. The monoisotopic (exact) mass is 350 g/mol. The number of benzene rings is 1. The Kier molecular flexibility index (Phi) is 5.14. The highest BCUT2D eigenvalue weighted by Crippen LogP contribution is 2.30. The highest BCUT2D eigenvalue weighted by atomic mass is 35.5. The fourth-order valence-electron chi connectivity index (χ4n) is 2.35. The van der Waals surface area contributed by atoms with Gasteiger partial charge in [-0.1, -0.05) is 23.2 Å². The molecule has 0 unspecified atom stereocenters. The standard InChI is InChI=1S/C13H16Cl2N2O3S/c1-2-16-13(18)12-4-3-7-17(12)21(19,20)9-5-6-10(14)11(15)8-9/h5-6,8,12H,2-4,7H2,1H3,(H,16,18)/t12-/m0/s1. The van der Waals surface area contributed by atoms with E-state index >= 15 is 0 Å². The number of carbonyl (C=O) groups excluding carboxylic acids is 1. The molecule has 1 N–H and O–H groups in total. The molecule has 1 fully saturated rings. The van der Waals surface area contributed by atoms with E-state index in [4.69, 9.17) is 23.2 Å². The molecule has 1 aromatic carbocycles. The van der Waals surface area contributed by atoms with Gasteiger partial charge in [-0.15, -0.1) is 0 Å². The lowest BCUT2D eigenvalue weighted by molar-refractivity contribution is -0.124. The van der Waals surface area contributed by atoms with E-state index in [1.54, 1.807) is 6.92 Å². The molecule has 0 bridgehead atoms. The number of carbonyl (C=O) groups is 1. The molecule has 1 aliphatic rings. The average Bonchev–Trinajstić information content (AvgIpc) is 2.92. The summed E-state index contributed by atoms with van der Waals surface area (Å²) in [5.41, 5.74) is 0. The second-order valence-corrected chi connectivity index (χ2v) is 7.45. The first-order valence-corrected chi connectivity index (χ1v) is 8.82. The molecule has 1 aromatic rings. The SMILES string of the molecule is CCNC(=O)[C@@H]1CCCN1S(=O)(=O)c1ccc(Cl)c(Cl)c1. The summed E-state index contributed by atoms with van der Waals surface area (Å²) in [6.07, 6.45) is 1.18. The summed E-state index contributed by atoms with van der Waals surface area (Å²) < 4.78 is 26.6. The van der Waals surface area contributed by atoms with Crippen molar-refractivity contribution in [1.82, 2.24) is 9.62 Å². The smallest absolute Gasteiger partial charge is 0.243 e. The lowest BCUT2D eigenvalue weighted by Gasteiger charge is -2.23. The first-order valence-electron chi connectivity index (χ1n) is 6.62. The average molecular weight is 351 g/mol. The second-order valence-electron chi connectivity index (χ2n) is 4.74. The summed E-state index contributed by atoms with van der Waals surface area (Å²) in [7, 11) is -3.76. The molecule has 1 atom stereocenters. The number of hydrogen-bond acceptors (Lipinski definition) is 3. The van der Waals surface area contributed by atoms with E-state index in [1.807, 2.05) is 0 Å². The van der Waals surface area contributed by atoms with Crippen LogP contribution in [0.4, 0.5) is 0 Å². The van der Waals surface area contributed by atoms with Gasteiger partial charge in [0.15, 0.2) is 0 Å². The van der Waals surface area contributed by atoms with Crippen molar-refractivity contribution in [3.8, 4) is 0 Å². The van der Waals surface area contributed by atoms with Crippen molar-refractivity contribution in [2.24, 2.45) is 0 Å². The zero-order chi connectivity index (χ0) is 15.6. The molecule has 1 aliphatic heterocycles. The molecule has 21 heavy (non-hydrogen) atoms. The maximum absolute atomic E-state index is 12.7. The Morgan fingerprint density at radius 2 is 2.10 bits per heavy atom. The molecule has 8 heteroatoms. The van der Waals surface area contributed by atoms with Gasteiger partial charge in [-0.2, -0.15) is 4.31 Å². The van der Waals surface area contributed by atoms with E-state index < -0.39 is 16.1 Å². The molecule has 0 spiro atoms. The predicted octanol–water partition coefficient (Wildman–Crippen LogP) is 2.28. The largest absolute Gasteiger partial charge is 0.355 e. The third kappa shape index (κ3) is 3.34. The van der Waals surface area contributed by atoms with Crippen molar-refractivity contribution < 1.29 is 13.2 Å². The van der Waals surface area contributed by atoms with Gasteiger partial charge < -0.3 is 5.32 Å². The minimum Gasteiger partial charge on any atom is -0.355 e. The summed E-state index contributed by atoms with van der Waals surface area (Å²) in [4.78, 5) is 12.0. The Hall–Kier alpha value is -0.820. The Balaban J connectivity index is 2.33. The van der Waals surface area contributed by atoms with Crippen molar-refractivity contribution >= 4 is 39.1 Å². The van der Waals surface area contributed by atoms with Gasteiger partial charge in [0.25, 0.3) is 0 Å². The van der Waals surface area contributed by atoms with Gasteiger partial charge in [0.05, 0.1) is 14.9 Å². The first kappa shape index (κ1) is 16.5. The van der Waals surface area contributed by atoms with Crippen LogP contribution in [0.3, 0.4) is 0 Å². The minimum absolute atomic E-state index is 0.0492. The highest BCUT2D eigenvalue weighted by molar-refractivity contribution is 7.89. The quantitative estimate of drug-likeness (QED) is 0.905. The Bertz CT molecular complexity index is 649. The summed E-state index contributed by atoms with van der Waals surface area (Å²) in [6, 6.07) is 3.49.